The fourth-order valence-electron chi connectivity index (χ4n) is 5.99. The molecule has 0 spiro atoms. The first-order valence-corrected chi connectivity index (χ1v) is 11.9. The maximum absolute atomic E-state index is 12.2. The molecule has 1 saturated heterocycles. The molecular formula is C23H28N2O4S. The topological polar surface area (TPSA) is 78.9 Å². The third-order valence-electron chi connectivity index (χ3n) is 7.48. The monoisotopic (exact) mass is 428 g/mol. The Balaban J connectivity index is 1.56. The van der Waals surface area contributed by atoms with Gasteiger partial charge in [0.25, 0.3) is 10.1 Å². The quantitative estimate of drug-likeness (QED) is 0.725. The maximum atomic E-state index is 12.2. The fraction of sp³-hybridized carbons (Fsp3) is 0.478. The van der Waals surface area contributed by atoms with Crippen LogP contribution in [0.2, 0.25) is 0 Å². The highest BCUT2D eigenvalue weighted by atomic mass is 32.2. The lowest BCUT2D eigenvalue weighted by molar-refractivity contribution is 0.105. The molecule has 0 radical (unpaired) electrons. The molecule has 2 N–H and O–H groups in total. The van der Waals surface area contributed by atoms with Crippen molar-refractivity contribution in [2.75, 3.05) is 26.0 Å². The van der Waals surface area contributed by atoms with E-state index < -0.39 is 14.9 Å². The van der Waals surface area contributed by atoms with E-state index in [0.717, 1.165) is 17.9 Å². The number of likely N-dealkylation sites (tertiary alicyclic amines) is 1. The van der Waals surface area contributed by atoms with Gasteiger partial charge in [0.15, 0.2) is 0 Å². The van der Waals surface area contributed by atoms with Crippen molar-refractivity contribution in [1.82, 2.24) is 4.90 Å². The van der Waals surface area contributed by atoms with E-state index in [0.29, 0.717) is 18.9 Å². The van der Waals surface area contributed by atoms with Gasteiger partial charge in [-0.15, -0.1) is 0 Å². The number of piperidine rings is 1. The molecule has 7 heteroatoms. The van der Waals surface area contributed by atoms with E-state index in [1.165, 1.54) is 16.7 Å². The first-order chi connectivity index (χ1) is 14.2. The Hall–Kier alpha value is -2.09. The molecule has 30 heavy (non-hydrogen) atoms. The highest BCUT2D eigenvalue weighted by molar-refractivity contribution is 7.87. The van der Waals surface area contributed by atoms with Crippen LogP contribution in [0.25, 0.3) is 0 Å². The maximum Gasteiger partial charge on any atom is 0.271 e. The van der Waals surface area contributed by atoms with Crippen LogP contribution < -0.4 is 10.1 Å². The lowest BCUT2D eigenvalue weighted by Crippen LogP contribution is -2.57. The van der Waals surface area contributed by atoms with Gasteiger partial charge in [-0.2, -0.15) is 8.42 Å². The van der Waals surface area contributed by atoms with Crippen molar-refractivity contribution in [3.8, 4) is 5.75 Å². The van der Waals surface area contributed by atoms with Crippen molar-refractivity contribution in [1.29, 1.82) is 0 Å². The molecule has 160 valence electrons. The van der Waals surface area contributed by atoms with Crippen LogP contribution in [0.5, 0.6) is 5.75 Å². The van der Waals surface area contributed by atoms with Gasteiger partial charge in [0, 0.05) is 30.1 Å². The Labute approximate surface area is 178 Å². The van der Waals surface area contributed by atoms with Crippen LogP contribution in [0, 0.1) is 0 Å². The number of hydrogen-bond acceptors (Lipinski definition) is 5. The first kappa shape index (κ1) is 19.8. The molecule has 3 unspecified atom stereocenters. The van der Waals surface area contributed by atoms with Gasteiger partial charge in [0.05, 0.1) is 13.2 Å². The van der Waals surface area contributed by atoms with Gasteiger partial charge in [-0.1, -0.05) is 24.3 Å². The molecule has 0 bridgehead atoms. The number of ether oxygens (including phenoxy) is 1. The number of benzene rings is 2. The van der Waals surface area contributed by atoms with Crippen LogP contribution in [0.3, 0.4) is 0 Å². The molecule has 0 saturated carbocycles. The third kappa shape index (κ3) is 2.87. The van der Waals surface area contributed by atoms with Crippen LogP contribution in [0.15, 0.2) is 42.5 Å². The van der Waals surface area contributed by atoms with Gasteiger partial charge >= 0.3 is 0 Å². The number of nitrogens with one attached hydrogen (secondary N) is 1. The zero-order valence-electron chi connectivity index (χ0n) is 17.5. The molecule has 0 amide bonds. The van der Waals surface area contributed by atoms with E-state index in [1.807, 2.05) is 19.2 Å². The second-order valence-electron chi connectivity index (χ2n) is 9.26. The van der Waals surface area contributed by atoms with Gasteiger partial charge in [-0.3, -0.25) is 4.55 Å². The normalized spacial score (nSPS) is 32.8. The van der Waals surface area contributed by atoms with Crippen molar-refractivity contribution in [3.05, 3.63) is 59.2 Å². The lowest BCUT2D eigenvalue weighted by atomic mass is 9.67. The molecule has 1 fully saturated rings. The van der Waals surface area contributed by atoms with E-state index >= 15 is 0 Å². The fourth-order valence-corrected chi connectivity index (χ4v) is 6.74. The summed E-state index contributed by atoms with van der Waals surface area (Å²) in [5, 5.41) is 3.72. The molecule has 3 aliphatic rings. The summed E-state index contributed by atoms with van der Waals surface area (Å²) in [6.45, 7) is 2.01. The SMILES string of the molecule is COc1ccc(C2Nc3cccc4c3C2C[C@@H]2[C@@H]4CC(C)(S(=O)(=O)O)CN2C)cc1. The van der Waals surface area contributed by atoms with Crippen LogP contribution in [-0.4, -0.2) is 49.4 Å². The van der Waals surface area contributed by atoms with Crippen molar-refractivity contribution in [3.63, 3.8) is 0 Å². The highest BCUT2D eigenvalue weighted by Crippen LogP contribution is 2.57. The molecule has 5 atom stereocenters. The Bertz CT molecular complexity index is 1080. The van der Waals surface area contributed by atoms with E-state index in [1.54, 1.807) is 14.0 Å². The predicted molar refractivity (Wildman–Crippen MR) is 117 cm³/mol. The molecule has 2 aromatic carbocycles. The Morgan fingerprint density at radius 1 is 1.17 bits per heavy atom. The minimum absolute atomic E-state index is 0.0818. The summed E-state index contributed by atoms with van der Waals surface area (Å²) < 4.78 is 38.5. The summed E-state index contributed by atoms with van der Waals surface area (Å²) in [5.41, 5.74) is 4.90. The minimum atomic E-state index is -4.15. The number of anilines is 1. The van der Waals surface area contributed by atoms with E-state index in [2.05, 4.69) is 40.5 Å². The number of rotatable bonds is 3. The van der Waals surface area contributed by atoms with Crippen LogP contribution in [0.4, 0.5) is 5.69 Å². The van der Waals surface area contributed by atoms with E-state index in [-0.39, 0.29) is 18.0 Å². The zero-order valence-corrected chi connectivity index (χ0v) is 18.3. The van der Waals surface area contributed by atoms with Gasteiger partial charge in [0.2, 0.25) is 0 Å². The number of methoxy groups -OCH3 is 1. The summed E-state index contributed by atoms with van der Waals surface area (Å²) in [5.74, 6) is 1.25. The second kappa shape index (κ2) is 6.70. The Morgan fingerprint density at radius 3 is 2.57 bits per heavy atom. The van der Waals surface area contributed by atoms with Gasteiger partial charge in [0.1, 0.15) is 10.5 Å². The molecule has 6 nitrogen and oxygen atoms in total. The molecule has 2 heterocycles. The largest absolute Gasteiger partial charge is 0.497 e. The number of fused-ring (bicyclic) bond motifs is 2. The third-order valence-corrected chi connectivity index (χ3v) is 9.02. The number of likely N-dealkylation sites (N-methyl/N-ethyl adjacent to an activating group) is 1. The Morgan fingerprint density at radius 2 is 1.90 bits per heavy atom. The molecule has 0 aromatic heterocycles. The highest BCUT2D eigenvalue weighted by Gasteiger charge is 2.53. The lowest BCUT2D eigenvalue weighted by Gasteiger charge is -2.50. The average molecular weight is 429 g/mol. The van der Waals surface area contributed by atoms with Gasteiger partial charge in [-0.05, 0) is 61.7 Å². The first-order valence-electron chi connectivity index (χ1n) is 10.4. The van der Waals surface area contributed by atoms with Crippen molar-refractivity contribution < 1.29 is 17.7 Å². The van der Waals surface area contributed by atoms with E-state index in [9.17, 15) is 13.0 Å². The Kier molecular flexibility index (Phi) is 4.44. The minimum Gasteiger partial charge on any atom is -0.497 e. The van der Waals surface area contributed by atoms with Crippen molar-refractivity contribution >= 4 is 15.8 Å². The van der Waals surface area contributed by atoms with Gasteiger partial charge < -0.3 is 15.0 Å². The standard InChI is InChI=1S/C23H28N2O4S/c1-23(30(26,27)28)12-18-16-5-4-6-19-21(16)17(11-20(18)25(2)13-23)22(24-19)14-7-9-15(29-3)10-8-14/h4-10,17-18,20,22,24H,11-13H2,1-3H3,(H,26,27,28)/t17?,18-,20-,22?,23?/m1/s1. The predicted octanol–water partition coefficient (Wildman–Crippen LogP) is 3.78. The molecule has 2 aromatic rings. The van der Waals surface area contributed by atoms with Gasteiger partial charge in [-0.25, -0.2) is 0 Å². The summed E-state index contributed by atoms with van der Waals surface area (Å²) in [4.78, 5) is 2.14. The summed E-state index contributed by atoms with van der Waals surface area (Å²) in [6.07, 6.45) is 1.40. The molecule has 5 rings (SSSR count). The average Bonchev–Trinajstić information content (AvgIpc) is 3.08. The summed E-state index contributed by atoms with van der Waals surface area (Å²) in [6, 6.07) is 15.0. The van der Waals surface area contributed by atoms with Crippen molar-refractivity contribution in [2.45, 2.75) is 48.4 Å². The number of hydrogen-bond donors (Lipinski definition) is 2. The molecule has 1 aliphatic carbocycles. The zero-order chi connectivity index (χ0) is 21.3. The van der Waals surface area contributed by atoms with Crippen LogP contribution in [-0.2, 0) is 10.1 Å². The molecule has 2 aliphatic heterocycles. The van der Waals surface area contributed by atoms with Crippen LogP contribution >= 0.6 is 0 Å². The molecular weight excluding hydrogens is 400 g/mol. The van der Waals surface area contributed by atoms with E-state index in [4.69, 9.17) is 4.74 Å². The summed E-state index contributed by atoms with van der Waals surface area (Å²) in [7, 11) is -0.491. The smallest absolute Gasteiger partial charge is 0.271 e. The number of nitrogens with zero attached hydrogens (tertiary/aromatic N) is 1. The van der Waals surface area contributed by atoms with Crippen molar-refractivity contribution in [2.24, 2.45) is 0 Å². The van der Waals surface area contributed by atoms with Crippen LogP contribution in [0.1, 0.15) is 54.3 Å². The second-order valence-corrected chi connectivity index (χ2v) is 11.2. The summed E-state index contributed by atoms with van der Waals surface area (Å²) >= 11 is 0.